The predicted molar refractivity (Wildman–Crippen MR) is 135 cm³/mol. The summed E-state index contributed by atoms with van der Waals surface area (Å²) in [4.78, 5) is 13.8. The van der Waals surface area contributed by atoms with E-state index in [1.807, 2.05) is 34.9 Å². The van der Waals surface area contributed by atoms with Crippen LogP contribution in [-0.4, -0.2) is 20.2 Å². The number of halogens is 5. The second-order valence-corrected chi connectivity index (χ2v) is 9.66. The number of nitrogens with zero attached hydrogens (tertiary/aromatic N) is 4. The Bertz CT molecular complexity index is 1580. The summed E-state index contributed by atoms with van der Waals surface area (Å²) in [5, 5.41) is -0.564. The Morgan fingerprint density at radius 3 is 2.58 bits per heavy atom. The van der Waals surface area contributed by atoms with Gasteiger partial charge in [0, 0.05) is 17.3 Å². The molecule has 0 saturated carbocycles. The lowest BCUT2D eigenvalue weighted by atomic mass is 10.00. The normalized spacial score (nSPS) is 16.4. The largest absolute Gasteiger partial charge is 0.473 e. The van der Waals surface area contributed by atoms with Crippen LogP contribution in [0.15, 0.2) is 59.6 Å². The molecule has 1 aliphatic heterocycles. The Kier molecular flexibility index (Phi) is 5.98. The first kappa shape index (κ1) is 24.6. The third-order valence-electron chi connectivity index (χ3n) is 6.78. The van der Waals surface area contributed by atoms with Crippen LogP contribution in [0.5, 0.6) is 5.88 Å². The van der Waals surface area contributed by atoms with E-state index in [0.717, 1.165) is 48.3 Å². The molecule has 0 fully saturated rings. The molecule has 194 valence electrons. The van der Waals surface area contributed by atoms with Crippen molar-refractivity contribution in [3.63, 3.8) is 0 Å². The van der Waals surface area contributed by atoms with Crippen LogP contribution in [0.4, 0.5) is 17.6 Å². The van der Waals surface area contributed by atoms with Crippen molar-refractivity contribution >= 4 is 17.3 Å². The third kappa shape index (κ3) is 4.15. The fourth-order valence-corrected chi connectivity index (χ4v) is 5.40. The van der Waals surface area contributed by atoms with Gasteiger partial charge in [-0.15, -0.1) is 0 Å². The summed E-state index contributed by atoms with van der Waals surface area (Å²) in [6.07, 6.45) is -2.33. The van der Waals surface area contributed by atoms with Crippen molar-refractivity contribution < 1.29 is 22.3 Å². The minimum Gasteiger partial charge on any atom is -0.473 e. The highest BCUT2D eigenvalue weighted by Crippen LogP contribution is 2.43. The Morgan fingerprint density at radius 1 is 1.03 bits per heavy atom. The van der Waals surface area contributed by atoms with Crippen LogP contribution in [0.3, 0.4) is 0 Å². The van der Waals surface area contributed by atoms with Gasteiger partial charge in [0.15, 0.2) is 5.82 Å². The number of aryl methyl sites for hydroxylation is 1. The number of alkyl halides is 3. The monoisotopic (exact) mass is 540 g/mol. The standard InChI is InChI=1S/C28H21ClF4N4O/c1-15-27-35-19-8-5-9-20(19)37(27)21-12-10-17(28(31,32)33)24(29)23(21)26(34-15)25-18(30)11-13-22(36-25)38-14-16-6-3-2-4-7-16/h2-4,6-7,10-13,15H,5,8-9,14H2,1H3/t15-/m0/s1. The van der Waals surface area contributed by atoms with E-state index < -0.39 is 28.6 Å². The van der Waals surface area contributed by atoms with Crippen molar-refractivity contribution in [2.45, 2.75) is 45.0 Å². The molecular weight excluding hydrogens is 520 g/mol. The second-order valence-electron chi connectivity index (χ2n) is 9.28. The van der Waals surface area contributed by atoms with Crippen LogP contribution in [0.2, 0.25) is 5.02 Å². The van der Waals surface area contributed by atoms with Gasteiger partial charge in [0.25, 0.3) is 0 Å². The molecule has 5 nitrogen and oxygen atoms in total. The van der Waals surface area contributed by atoms with E-state index in [-0.39, 0.29) is 29.5 Å². The highest BCUT2D eigenvalue weighted by atomic mass is 35.5. The fraction of sp³-hybridized carbons (Fsp3) is 0.250. The molecule has 0 amide bonds. The van der Waals surface area contributed by atoms with Crippen LogP contribution in [0.25, 0.3) is 5.69 Å². The lowest BCUT2D eigenvalue weighted by Crippen LogP contribution is -2.16. The van der Waals surface area contributed by atoms with E-state index in [0.29, 0.717) is 11.5 Å². The van der Waals surface area contributed by atoms with Crippen LogP contribution >= 0.6 is 11.6 Å². The Hall–Kier alpha value is -3.72. The number of hydrogen-bond acceptors (Lipinski definition) is 4. The van der Waals surface area contributed by atoms with Gasteiger partial charge in [0.1, 0.15) is 24.2 Å². The van der Waals surface area contributed by atoms with Crippen molar-refractivity contribution in [2.24, 2.45) is 4.99 Å². The first-order chi connectivity index (χ1) is 18.2. The highest BCUT2D eigenvalue weighted by molar-refractivity contribution is 6.37. The van der Waals surface area contributed by atoms with E-state index >= 15 is 4.39 Å². The van der Waals surface area contributed by atoms with Gasteiger partial charge in [-0.25, -0.2) is 14.4 Å². The van der Waals surface area contributed by atoms with E-state index in [9.17, 15) is 13.2 Å². The van der Waals surface area contributed by atoms with Gasteiger partial charge in [-0.05, 0) is 49.9 Å². The van der Waals surface area contributed by atoms with Gasteiger partial charge in [0.2, 0.25) is 5.88 Å². The average molecular weight is 541 g/mol. The lowest BCUT2D eigenvalue weighted by Gasteiger charge is -2.19. The van der Waals surface area contributed by atoms with Gasteiger partial charge in [-0.3, -0.25) is 9.56 Å². The van der Waals surface area contributed by atoms with Gasteiger partial charge >= 0.3 is 6.18 Å². The molecule has 0 spiro atoms. The minimum absolute atomic E-state index is 0.0363. The number of rotatable bonds is 4. The van der Waals surface area contributed by atoms with Crippen molar-refractivity contribution in [1.29, 1.82) is 0 Å². The number of imidazole rings is 1. The number of benzene rings is 2. The second kappa shape index (κ2) is 9.23. The van der Waals surface area contributed by atoms with E-state index in [2.05, 4.69) is 9.98 Å². The van der Waals surface area contributed by atoms with Gasteiger partial charge in [0.05, 0.1) is 27.7 Å². The molecule has 1 aliphatic carbocycles. The maximum atomic E-state index is 15.3. The molecule has 10 heteroatoms. The highest BCUT2D eigenvalue weighted by Gasteiger charge is 2.39. The van der Waals surface area contributed by atoms with Gasteiger partial charge < -0.3 is 4.74 Å². The molecule has 2 aromatic carbocycles. The third-order valence-corrected chi connectivity index (χ3v) is 7.18. The number of fused-ring (bicyclic) bond motifs is 5. The topological polar surface area (TPSA) is 52.3 Å². The summed E-state index contributed by atoms with van der Waals surface area (Å²) in [6, 6.07) is 13.6. The smallest absolute Gasteiger partial charge is 0.417 e. The quantitative estimate of drug-likeness (QED) is 0.260. The average Bonchev–Trinajstić information content (AvgIpc) is 3.45. The molecule has 0 saturated heterocycles. The van der Waals surface area contributed by atoms with Gasteiger partial charge in [-0.1, -0.05) is 41.9 Å². The van der Waals surface area contributed by atoms with Gasteiger partial charge in [-0.2, -0.15) is 13.2 Å². The molecule has 0 bridgehead atoms. The van der Waals surface area contributed by atoms with Crippen molar-refractivity contribution in [1.82, 2.24) is 14.5 Å². The van der Waals surface area contributed by atoms with Crippen molar-refractivity contribution in [2.75, 3.05) is 0 Å². The summed E-state index contributed by atoms with van der Waals surface area (Å²) in [6.45, 7) is 1.95. The fourth-order valence-electron chi connectivity index (χ4n) is 5.04. The van der Waals surface area contributed by atoms with E-state index in [4.69, 9.17) is 21.3 Å². The molecule has 2 aliphatic rings. The minimum atomic E-state index is -4.72. The van der Waals surface area contributed by atoms with E-state index in [1.165, 1.54) is 12.1 Å². The van der Waals surface area contributed by atoms with Crippen LogP contribution in [-0.2, 0) is 25.6 Å². The predicted octanol–water partition coefficient (Wildman–Crippen LogP) is 7.06. The number of aromatic nitrogens is 3. The summed E-state index contributed by atoms with van der Waals surface area (Å²) < 4.78 is 64.7. The van der Waals surface area contributed by atoms with Crippen LogP contribution < -0.4 is 4.74 Å². The molecule has 3 heterocycles. The molecule has 4 aromatic rings. The lowest BCUT2D eigenvalue weighted by molar-refractivity contribution is -0.137. The van der Waals surface area contributed by atoms with Crippen molar-refractivity contribution in [3.8, 4) is 11.6 Å². The number of pyridine rings is 1. The van der Waals surface area contributed by atoms with Crippen molar-refractivity contribution in [3.05, 3.63) is 105 Å². The zero-order valence-electron chi connectivity index (χ0n) is 20.2. The Labute approximate surface area is 220 Å². The summed E-state index contributed by atoms with van der Waals surface area (Å²) in [5.74, 6) is -0.0843. The summed E-state index contributed by atoms with van der Waals surface area (Å²) >= 11 is 6.48. The molecule has 6 rings (SSSR count). The summed E-state index contributed by atoms with van der Waals surface area (Å²) in [5.41, 5.74) is 1.66. The molecular formula is C28H21ClF4N4O. The molecule has 0 radical (unpaired) electrons. The number of ether oxygens (including phenoxy) is 1. The molecule has 0 N–H and O–H groups in total. The SMILES string of the molecule is C[C@@H]1N=C(c2nc(OCc3ccccc3)ccc2F)c2c(ccc(C(F)(F)F)c2Cl)-n2c1nc1c2CCC1. The Morgan fingerprint density at radius 2 is 1.82 bits per heavy atom. The first-order valence-corrected chi connectivity index (χ1v) is 12.5. The molecule has 2 aromatic heterocycles. The molecule has 38 heavy (non-hydrogen) atoms. The Balaban J connectivity index is 1.53. The van der Waals surface area contributed by atoms with Crippen LogP contribution in [0.1, 0.15) is 59.0 Å². The maximum absolute atomic E-state index is 15.3. The zero-order valence-corrected chi connectivity index (χ0v) is 20.9. The van der Waals surface area contributed by atoms with Crippen LogP contribution in [0, 0.1) is 5.82 Å². The first-order valence-electron chi connectivity index (χ1n) is 12.1. The van der Waals surface area contributed by atoms with E-state index in [1.54, 1.807) is 6.92 Å². The maximum Gasteiger partial charge on any atom is 0.417 e. The number of aliphatic imine (C=N–C) groups is 1. The number of hydrogen-bond donors (Lipinski definition) is 0. The molecule has 1 atom stereocenters. The zero-order chi connectivity index (χ0) is 26.6. The summed E-state index contributed by atoms with van der Waals surface area (Å²) in [7, 11) is 0. The molecule has 0 unspecified atom stereocenters.